The fourth-order valence-electron chi connectivity index (χ4n) is 2.47. The van der Waals surface area contributed by atoms with E-state index < -0.39 is 5.60 Å². The molecule has 1 amide bonds. The zero-order valence-electron chi connectivity index (χ0n) is 13.5. The Balaban J connectivity index is 1.73. The number of pyridine rings is 1. The van der Waals surface area contributed by atoms with Crippen molar-refractivity contribution in [3.63, 3.8) is 0 Å². The molecule has 0 atom stereocenters. The second-order valence-electron chi connectivity index (χ2n) is 6.69. The first kappa shape index (κ1) is 16.4. The highest BCUT2D eigenvalue weighted by Crippen LogP contribution is 2.22. The number of carbonyl (C=O) groups is 1. The molecule has 2 N–H and O–H groups in total. The Labute approximate surface area is 131 Å². The summed E-state index contributed by atoms with van der Waals surface area (Å²) in [5.41, 5.74) is -0.460. The lowest BCUT2D eigenvalue weighted by Crippen LogP contribution is -2.40. The number of ether oxygens (including phenoxy) is 1. The van der Waals surface area contributed by atoms with E-state index in [0.717, 1.165) is 31.7 Å². The molecule has 1 saturated heterocycles. The molecular weight excluding hydrogens is 282 g/mol. The zero-order valence-corrected chi connectivity index (χ0v) is 13.5. The minimum Gasteiger partial charge on any atom is -0.506 e. The molecule has 1 aliphatic heterocycles. The summed E-state index contributed by atoms with van der Waals surface area (Å²) in [6.07, 6.45) is 3.11. The summed E-state index contributed by atoms with van der Waals surface area (Å²) in [5.74, 6) is 1.53. The number of nitrogens with one attached hydrogen (secondary N) is 1. The fourth-order valence-corrected chi connectivity index (χ4v) is 2.47. The molecule has 1 fully saturated rings. The van der Waals surface area contributed by atoms with Crippen LogP contribution in [0.15, 0.2) is 18.3 Å². The lowest BCUT2D eigenvalue weighted by Gasteiger charge is -2.33. The minimum atomic E-state index is -0.460. The van der Waals surface area contributed by atoms with E-state index in [1.54, 1.807) is 6.07 Å². The van der Waals surface area contributed by atoms with Crippen LogP contribution in [0.4, 0.5) is 10.6 Å². The molecule has 0 unspecified atom stereocenters. The number of hydrogen-bond acceptors (Lipinski definition) is 5. The van der Waals surface area contributed by atoms with E-state index in [2.05, 4.69) is 15.2 Å². The maximum atomic E-state index is 11.6. The van der Waals surface area contributed by atoms with E-state index in [1.807, 2.05) is 26.8 Å². The Morgan fingerprint density at radius 1 is 1.41 bits per heavy atom. The smallest absolute Gasteiger partial charge is 0.407 e. The second kappa shape index (κ2) is 6.85. The third-order valence-electron chi connectivity index (χ3n) is 3.60. The average Bonchev–Trinajstić information content (AvgIpc) is 2.45. The monoisotopic (exact) mass is 307 g/mol. The van der Waals surface area contributed by atoms with Crippen LogP contribution in [0.3, 0.4) is 0 Å². The maximum Gasteiger partial charge on any atom is 0.407 e. The van der Waals surface area contributed by atoms with Gasteiger partial charge in [-0.3, -0.25) is 0 Å². The first-order valence-corrected chi connectivity index (χ1v) is 7.70. The van der Waals surface area contributed by atoms with Crippen LogP contribution in [0.25, 0.3) is 0 Å². The Hall–Kier alpha value is -1.98. The van der Waals surface area contributed by atoms with Crippen molar-refractivity contribution in [1.29, 1.82) is 0 Å². The van der Waals surface area contributed by atoms with Gasteiger partial charge in [0.15, 0.2) is 0 Å². The van der Waals surface area contributed by atoms with Gasteiger partial charge >= 0.3 is 6.09 Å². The van der Waals surface area contributed by atoms with Crippen molar-refractivity contribution in [3.8, 4) is 5.75 Å². The quantitative estimate of drug-likeness (QED) is 0.897. The van der Waals surface area contributed by atoms with Crippen molar-refractivity contribution in [2.45, 2.75) is 39.2 Å². The van der Waals surface area contributed by atoms with Crippen molar-refractivity contribution in [2.24, 2.45) is 5.92 Å². The van der Waals surface area contributed by atoms with Gasteiger partial charge in [0.05, 0.1) is 6.20 Å². The van der Waals surface area contributed by atoms with Gasteiger partial charge in [0.2, 0.25) is 0 Å². The van der Waals surface area contributed by atoms with Crippen molar-refractivity contribution < 1.29 is 14.6 Å². The number of aromatic hydroxyl groups is 1. The number of nitrogens with zero attached hydrogens (tertiary/aromatic N) is 2. The van der Waals surface area contributed by atoms with Gasteiger partial charge in [-0.25, -0.2) is 9.78 Å². The van der Waals surface area contributed by atoms with E-state index in [4.69, 9.17) is 4.74 Å². The van der Waals surface area contributed by atoms with Crippen LogP contribution in [-0.4, -0.2) is 41.4 Å². The fraction of sp³-hybridized carbons (Fsp3) is 0.625. The Kier molecular flexibility index (Phi) is 5.11. The van der Waals surface area contributed by atoms with E-state index in [1.165, 1.54) is 6.20 Å². The van der Waals surface area contributed by atoms with Crippen LogP contribution >= 0.6 is 0 Å². The normalized spacial score (nSPS) is 16.4. The van der Waals surface area contributed by atoms with Gasteiger partial charge < -0.3 is 20.1 Å². The van der Waals surface area contributed by atoms with Gasteiger partial charge in [-0.15, -0.1) is 0 Å². The van der Waals surface area contributed by atoms with Gasteiger partial charge in [-0.1, -0.05) is 0 Å². The highest BCUT2D eigenvalue weighted by Gasteiger charge is 2.22. The number of alkyl carbamates (subject to hydrolysis) is 1. The Bertz CT molecular complexity index is 488. The van der Waals surface area contributed by atoms with E-state index in [9.17, 15) is 9.90 Å². The molecule has 122 valence electrons. The number of rotatable bonds is 3. The largest absolute Gasteiger partial charge is 0.506 e. The lowest BCUT2D eigenvalue weighted by molar-refractivity contribution is 0.0517. The summed E-state index contributed by atoms with van der Waals surface area (Å²) in [6.45, 7) is 8.02. The molecule has 0 aromatic carbocycles. The van der Waals surface area contributed by atoms with Crippen LogP contribution in [0.2, 0.25) is 0 Å². The van der Waals surface area contributed by atoms with Gasteiger partial charge in [0.25, 0.3) is 0 Å². The molecule has 2 rings (SSSR count). The summed E-state index contributed by atoms with van der Waals surface area (Å²) < 4.78 is 5.24. The van der Waals surface area contributed by atoms with Crippen molar-refractivity contribution in [1.82, 2.24) is 10.3 Å². The first-order chi connectivity index (χ1) is 10.3. The topological polar surface area (TPSA) is 74.7 Å². The summed E-state index contributed by atoms with van der Waals surface area (Å²) >= 11 is 0. The summed E-state index contributed by atoms with van der Waals surface area (Å²) in [4.78, 5) is 18.1. The van der Waals surface area contributed by atoms with E-state index >= 15 is 0 Å². The second-order valence-corrected chi connectivity index (χ2v) is 6.69. The molecule has 0 saturated carbocycles. The molecule has 6 heteroatoms. The molecule has 2 heterocycles. The van der Waals surface area contributed by atoms with Crippen LogP contribution in [0.1, 0.15) is 33.6 Å². The summed E-state index contributed by atoms with van der Waals surface area (Å²) in [5, 5.41) is 12.1. The van der Waals surface area contributed by atoms with Crippen LogP contribution in [0, 0.1) is 5.92 Å². The zero-order chi connectivity index (χ0) is 16.2. The number of carbonyl (C=O) groups excluding carboxylic acids is 1. The van der Waals surface area contributed by atoms with Crippen molar-refractivity contribution >= 4 is 11.9 Å². The molecule has 0 bridgehead atoms. The average molecular weight is 307 g/mol. The van der Waals surface area contributed by atoms with Crippen LogP contribution < -0.4 is 10.2 Å². The Morgan fingerprint density at radius 2 is 2.09 bits per heavy atom. The molecule has 6 nitrogen and oxygen atoms in total. The number of piperidine rings is 1. The highest BCUT2D eigenvalue weighted by atomic mass is 16.6. The first-order valence-electron chi connectivity index (χ1n) is 7.70. The third-order valence-corrected chi connectivity index (χ3v) is 3.60. The number of amides is 1. The predicted octanol–water partition coefficient (Wildman–Crippen LogP) is 2.53. The number of anilines is 1. The molecule has 0 aliphatic carbocycles. The van der Waals surface area contributed by atoms with Gasteiger partial charge in [-0.2, -0.15) is 0 Å². The standard InChI is InChI=1S/C16H25N3O3/c1-16(2,3)22-15(21)18-10-12-6-8-19(9-7-12)14-5-4-13(20)11-17-14/h4-5,11-12,20H,6-10H2,1-3H3,(H,18,21). The molecule has 1 aliphatic rings. The lowest BCUT2D eigenvalue weighted by atomic mass is 9.97. The van der Waals surface area contributed by atoms with Gasteiger partial charge in [0.1, 0.15) is 17.2 Å². The van der Waals surface area contributed by atoms with Crippen LogP contribution in [0.5, 0.6) is 5.75 Å². The van der Waals surface area contributed by atoms with Crippen molar-refractivity contribution in [2.75, 3.05) is 24.5 Å². The molecule has 0 radical (unpaired) electrons. The number of aromatic nitrogens is 1. The van der Waals surface area contributed by atoms with Gasteiger partial charge in [0, 0.05) is 19.6 Å². The molecule has 1 aromatic heterocycles. The molecule has 1 aromatic rings. The van der Waals surface area contributed by atoms with Crippen molar-refractivity contribution in [3.05, 3.63) is 18.3 Å². The predicted molar refractivity (Wildman–Crippen MR) is 85.1 cm³/mol. The SMILES string of the molecule is CC(C)(C)OC(=O)NCC1CCN(c2ccc(O)cn2)CC1. The third kappa shape index (κ3) is 5.09. The van der Waals surface area contributed by atoms with E-state index in [0.29, 0.717) is 12.5 Å². The molecule has 22 heavy (non-hydrogen) atoms. The summed E-state index contributed by atoms with van der Waals surface area (Å²) in [6, 6.07) is 3.48. The summed E-state index contributed by atoms with van der Waals surface area (Å²) in [7, 11) is 0. The van der Waals surface area contributed by atoms with Crippen LogP contribution in [-0.2, 0) is 4.74 Å². The highest BCUT2D eigenvalue weighted by molar-refractivity contribution is 5.67. The maximum absolute atomic E-state index is 11.6. The van der Waals surface area contributed by atoms with Gasteiger partial charge in [-0.05, 0) is 51.7 Å². The molecular formula is C16H25N3O3. The number of hydrogen-bond donors (Lipinski definition) is 2. The Morgan fingerprint density at radius 3 is 2.64 bits per heavy atom. The molecule has 0 spiro atoms. The van der Waals surface area contributed by atoms with E-state index in [-0.39, 0.29) is 11.8 Å². The minimum absolute atomic E-state index is 0.181.